The van der Waals surface area contributed by atoms with E-state index in [2.05, 4.69) is 46.9 Å². The van der Waals surface area contributed by atoms with Gasteiger partial charge in [0.1, 0.15) is 11.9 Å². The van der Waals surface area contributed by atoms with E-state index in [0.717, 1.165) is 35.2 Å². The Morgan fingerprint density at radius 3 is 2.46 bits per heavy atom. The Kier molecular flexibility index (Phi) is 6.43. The first kappa shape index (κ1) is 19.6. The molecule has 0 atom stereocenters. The van der Waals surface area contributed by atoms with Gasteiger partial charge in [0.15, 0.2) is 0 Å². The molecule has 0 unspecified atom stereocenters. The van der Waals surface area contributed by atoms with Gasteiger partial charge in [-0.1, -0.05) is 18.2 Å². The molecule has 1 N–H and O–H groups in total. The van der Waals surface area contributed by atoms with E-state index in [4.69, 9.17) is 0 Å². The normalized spacial score (nSPS) is 11.1. The molecule has 0 radical (unpaired) electrons. The van der Waals surface area contributed by atoms with Crippen LogP contribution < -0.4 is 17.3 Å². The average Bonchev–Trinajstić information content (AvgIpc) is 3.04. The molecule has 0 bridgehead atoms. The zero-order chi connectivity index (χ0) is 17.8. The van der Waals surface area contributed by atoms with Crippen LogP contribution >= 0.6 is 0 Å². The average molecular weight is 366 g/mol. The number of rotatable bonds is 5. The third kappa shape index (κ3) is 4.07. The smallest absolute Gasteiger partial charge is 0.149 e. The highest BCUT2D eigenvalue weighted by molar-refractivity contribution is 5.90. The third-order valence-corrected chi connectivity index (χ3v) is 4.35. The van der Waals surface area contributed by atoms with Crippen molar-refractivity contribution in [2.24, 2.45) is 0 Å². The van der Waals surface area contributed by atoms with Gasteiger partial charge in [0, 0.05) is 18.8 Å². The summed E-state index contributed by atoms with van der Waals surface area (Å²) in [6, 6.07) is 16.6. The van der Waals surface area contributed by atoms with Gasteiger partial charge in [0.25, 0.3) is 0 Å². The molecule has 0 aliphatic heterocycles. The van der Waals surface area contributed by atoms with Gasteiger partial charge in [-0.25, -0.2) is 4.98 Å². The number of nitriles is 1. The molecular formula is C21H22ClN4-. The number of halogens is 1. The lowest BCUT2D eigenvalue weighted by atomic mass is 10.1. The Hall–Kier alpha value is -2.77. The number of imidazole rings is 1. The van der Waals surface area contributed by atoms with Crippen molar-refractivity contribution in [1.29, 1.82) is 5.26 Å². The highest BCUT2D eigenvalue weighted by Crippen LogP contribution is 2.21. The van der Waals surface area contributed by atoms with E-state index < -0.39 is 0 Å². The molecule has 0 spiro atoms. The lowest BCUT2D eigenvalue weighted by molar-refractivity contribution is -0.00000548. The molecule has 0 aliphatic rings. The van der Waals surface area contributed by atoms with Crippen LogP contribution in [0.1, 0.15) is 30.8 Å². The molecule has 1 heterocycles. The van der Waals surface area contributed by atoms with Crippen LogP contribution in [-0.2, 0) is 0 Å². The van der Waals surface area contributed by atoms with E-state index in [9.17, 15) is 5.26 Å². The third-order valence-electron chi connectivity index (χ3n) is 4.35. The number of nitrogens with one attached hydrogen (secondary N) is 1. The first-order valence-electron chi connectivity index (χ1n) is 8.58. The standard InChI is InChI=1S/C21H22N4.ClH/c1-4-25(5-2)18-9-7-16(8-10-18)13-17(14-22)21-23-19-11-6-15(3)12-20(19)24-21;/h6-13H,4-5H2,1-3H3,(H,23,24);1H/p-1/b17-13+;. The number of anilines is 1. The van der Waals surface area contributed by atoms with Gasteiger partial charge in [0.2, 0.25) is 0 Å². The Labute approximate surface area is 160 Å². The van der Waals surface area contributed by atoms with Gasteiger partial charge in [-0.2, -0.15) is 5.26 Å². The maximum atomic E-state index is 9.55. The second-order valence-corrected chi connectivity index (χ2v) is 6.04. The van der Waals surface area contributed by atoms with Gasteiger partial charge < -0.3 is 22.3 Å². The summed E-state index contributed by atoms with van der Waals surface area (Å²) >= 11 is 0. The van der Waals surface area contributed by atoms with Crippen LogP contribution in [-0.4, -0.2) is 23.1 Å². The maximum Gasteiger partial charge on any atom is 0.149 e. The summed E-state index contributed by atoms with van der Waals surface area (Å²) in [5.41, 5.74) is 5.71. The van der Waals surface area contributed by atoms with Crippen molar-refractivity contribution in [2.45, 2.75) is 20.8 Å². The molecule has 2 aromatic carbocycles. The van der Waals surface area contributed by atoms with Gasteiger partial charge in [-0.3, -0.25) is 0 Å². The lowest BCUT2D eigenvalue weighted by Crippen LogP contribution is -3.00. The van der Waals surface area contributed by atoms with Crippen LogP contribution in [0.25, 0.3) is 22.7 Å². The van der Waals surface area contributed by atoms with Gasteiger partial charge in [0.05, 0.1) is 16.6 Å². The van der Waals surface area contributed by atoms with Crippen molar-refractivity contribution >= 4 is 28.4 Å². The number of aromatic nitrogens is 2. The Morgan fingerprint density at radius 2 is 1.85 bits per heavy atom. The number of H-pyrrole nitrogens is 1. The second kappa shape index (κ2) is 8.55. The first-order valence-corrected chi connectivity index (χ1v) is 8.58. The number of hydrogen-bond donors (Lipinski definition) is 1. The monoisotopic (exact) mass is 365 g/mol. The number of hydrogen-bond acceptors (Lipinski definition) is 3. The maximum absolute atomic E-state index is 9.55. The lowest BCUT2D eigenvalue weighted by Gasteiger charge is -2.20. The molecule has 0 saturated heterocycles. The summed E-state index contributed by atoms with van der Waals surface area (Å²) in [5.74, 6) is 0.607. The fourth-order valence-electron chi connectivity index (χ4n) is 2.94. The molecule has 5 heteroatoms. The minimum absolute atomic E-state index is 0. The number of aromatic amines is 1. The fourth-order valence-corrected chi connectivity index (χ4v) is 2.94. The van der Waals surface area contributed by atoms with Gasteiger partial charge >= 0.3 is 0 Å². The summed E-state index contributed by atoms with van der Waals surface area (Å²) in [4.78, 5) is 10.1. The molecule has 0 saturated carbocycles. The van der Waals surface area contributed by atoms with E-state index in [1.165, 1.54) is 5.69 Å². The zero-order valence-electron chi connectivity index (χ0n) is 15.3. The Morgan fingerprint density at radius 1 is 1.15 bits per heavy atom. The van der Waals surface area contributed by atoms with E-state index in [1.807, 2.05) is 43.3 Å². The molecule has 4 nitrogen and oxygen atoms in total. The number of benzene rings is 2. The van der Waals surface area contributed by atoms with Crippen molar-refractivity contribution in [3.63, 3.8) is 0 Å². The van der Waals surface area contributed by atoms with E-state index >= 15 is 0 Å². The number of nitrogens with zero attached hydrogens (tertiary/aromatic N) is 3. The number of aryl methyl sites for hydroxylation is 1. The minimum atomic E-state index is 0. The van der Waals surface area contributed by atoms with Crippen LogP contribution in [0.4, 0.5) is 5.69 Å². The Bertz CT molecular complexity index is 944. The largest absolute Gasteiger partial charge is 1.00 e. The van der Waals surface area contributed by atoms with Crippen molar-refractivity contribution in [3.05, 3.63) is 59.4 Å². The minimum Gasteiger partial charge on any atom is -1.00 e. The molecular weight excluding hydrogens is 344 g/mol. The quantitative estimate of drug-likeness (QED) is 0.701. The molecule has 3 rings (SSSR count). The zero-order valence-corrected chi connectivity index (χ0v) is 16.0. The molecule has 3 aromatic rings. The van der Waals surface area contributed by atoms with Crippen molar-refractivity contribution in [3.8, 4) is 6.07 Å². The fraction of sp³-hybridized carbons (Fsp3) is 0.238. The van der Waals surface area contributed by atoms with Crippen LogP contribution in [0.15, 0.2) is 42.5 Å². The van der Waals surface area contributed by atoms with E-state index in [0.29, 0.717) is 11.4 Å². The molecule has 134 valence electrons. The second-order valence-electron chi connectivity index (χ2n) is 6.04. The van der Waals surface area contributed by atoms with Crippen molar-refractivity contribution in [1.82, 2.24) is 9.97 Å². The van der Waals surface area contributed by atoms with Gasteiger partial charge in [-0.05, 0) is 62.2 Å². The summed E-state index contributed by atoms with van der Waals surface area (Å²) in [6.45, 7) is 8.29. The number of allylic oxidation sites excluding steroid dienone is 1. The topological polar surface area (TPSA) is 55.7 Å². The predicted molar refractivity (Wildman–Crippen MR) is 104 cm³/mol. The number of fused-ring (bicyclic) bond motifs is 1. The summed E-state index contributed by atoms with van der Waals surface area (Å²) in [7, 11) is 0. The van der Waals surface area contributed by atoms with E-state index in [-0.39, 0.29) is 12.4 Å². The Balaban J connectivity index is 0.00000243. The molecule has 0 fully saturated rings. The van der Waals surface area contributed by atoms with Crippen molar-refractivity contribution < 1.29 is 12.4 Å². The van der Waals surface area contributed by atoms with Crippen LogP contribution in [0.3, 0.4) is 0 Å². The molecule has 0 amide bonds. The predicted octanol–water partition coefficient (Wildman–Crippen LogP) is 1.79. The van der Waals surface area contributed by atoms with Crippen LogP contribution in [0, 0.1) is 18.3 Å². The summed E-state index contributed by atoms with van der Waals surface area (Å²) in [5, 5.41) is 9.55. The van der Waals surface area contributed by atoms with Crippen molar-refractivity contribution in [2.75, 3.05) is 18.0 Å². The molecule has 1 aromatic heterocycles. The van der Waals surface area contributed by atoms with E-state index in [1.54, 1.807) is 0 Å². The molecule has 0 aliphatic carbocycles. The summed E-state index contributed by atoms with van der Waals surface area (Å²) < 4.78 is 0. The molecule has 26 heavy (non-hydrogen) atoms. The summed E-state index contributed by atoms with van der Waals surface area (Å²) in [6.07, 6.45) is 1.87. The van der Waals surface area contributed by atoms with Crippen LogP contribution in [0.2, 0.25) is 0 Å². The highest BCUT2D eigenvalue weighted by Gasteiger charge is 2.08. The van der Waals surface area contributed by atoms with Crippen LogP contribution in [0.5, 0.6) is 0 Å². The first-order chi connectivity index (χ1) is 12.1. The van der Waals surface area contributed by atoms with Gasteiger partial charge in [-0.15, -0.1) is 0 Å². The highest BCUT2D eigenvalue weighted by atomic mass is 35.5. The SMILES string of the molecule is CCN(CC)c1ccc(/C=C(\C#N)c2nc3ccc(C)cc3[nH]2)cc1.[Cl-].